The van der Waals surface area contributed by atoms with Gasteiger partial charge in [0.2, 0.25) is 5.91 Å². The van der Waals surface area contributed by atoms with Gasteiger partial charge in [-0.25, -0.2) is 0 Å². The number of carbonyl (C=O) groups excluding carboxylic acids is 1. The summed E-state index contributed by atoms with van der Waals surface area (Å²) in [6.45, 7) is 7.37. The molecule has 0 unspecified atom stereocenters. The van der Waals surface area contributed by atoms with Crippen molar-refractivity contribution in [3.63, 3.8) is 0 Å². The predicted molar refractivity (Wildman–Crippen MR) is 180 cm³/mol. The fourth-order valence-electron chi connectivity index (χ4n) is 6.49. The number of benzene rings is 2. The second-order valence-corrected chi connectivity index (χ2v) is 12.6. The van der Waals surface area contributed by atoms with E-state index in [0.717, 1.165) is 36.6 Å². The quantitative estimate of drug-likeness (QED) is 0.279. The molecule has 0 bridgehead atoms. The maximum Gasteiger partial charge on any atom is 0.217 e. The van der Waals surface area contributed by atoms with Gasteiger partial charge < -0.3 is 10.6 Å². The third kappa shape index (κ3) is 11.3. The van der Waals surface area contributed by atoms with Crippen LogP contribution in [0.3, 0.4) is 0 Å². The summed E-state index contributed by atoms with van der Waals surface area (Å²) in [5.41, 5.74) is 10.8. The Labute approximate surface area is 260 Å². The minimum atomic E-state index is 0.00820. The molecule has 1 aromatic heterocycles. The molecule has 43 heavy (non-hydrogen) atoms. The van der Waals surface area contributed by atoms with Crippen LogP contribution < -0.4 is 10.6 Å². The van der Waals surface area contributed by atoms with Gasteiger partial charge in [-0.2, -0.15) is 0 Å². The first-order valence-corrected chi connectivity index (χ1v) is 16.7. The Kier molecular flexibility index (Phi) is 13.3. The van der Waals surface area contributed by atoms with Gasteiger partial charge in [-0.05, 0) is 85.8 Å². The monoisotopic (exact) mass is 579 g/mol. The number of pyridine rings is 1. The highest BCUT2D eigenvalue weighted by molar-refractivity contribution is 5.72. The number of nitrogens with zero attached hydrogens (tertiary/aromatic N) is 1. The lowest BCUT2D eigenvalue weighted by Crippen LogP contribution is -2.18. The van der Waals surface area contributed by atoms with Crippen LogP contribution in [0.5, 0.6) is 0 Å². The van der Waals surface area contributed by atoms with Crippen LogP contribution in [0, 0.1) is 19.8 Å². The first-order valence-electron chi connectivity index (χ1n) is 16.7. The van der Waals surface area contributed by atoms with Crippen molar-refractivity contribution >= 4 is 11.5 Å². The summed E-state index contributed by atoms with van der Waals surface area (Å²) in [6, 6.07) is 21.5. The molecule has 4 heteroatoms. The Hall–Kier alpha value is -3.40. The fraction of sp³-hybridized carbons (Fsp3) is 0.487. The highest BCUT2D eigenvalue weighted by Crippen LogP contribution is 2.32. The van der Waals surface area contributed by atoms with Crippen molar-refractivity contribution in [3.8, 4) is 0 Å². The third-order valence-electron chi connectivity index (χ3n) is 8.95. The number of nitrogens with one attached hydrogen (secondary N) is 2. The van der Waals surface area contributed by atoms with Crippen LogP contribution in [0.15, 0.2) is 72.6 Å². The van der Waals surface area contributed by atoms with Crippen LogP contribution in [-0.4, -0.2) is 10.9 Å². The summed E-state index contributed by atoms with van der Waals surface area (Å²) in [5.74, 6) is 0.901. The molecule has 0 saturated heterocycles. The summed E-state index contributed by atoms with van der Waals surface area (Å²) < 4.78 is 0. The number of carbonyl (C=O) groups is 1. The van der Waals surface area contributed by atoms with E-state index in [0.29, 0.717) is 6.54 Å². The average Bonchev–Trinajstić information content (AvgIpc) is 3.23. The summed E-state index contributed by atoms with van der Waals surface area (Å²) >= 11 is 0. The molecule has 1 saturated carbocycles. The number of hydrogen-bond donors (Lipinski definition) is 2. The number of amides is 1. The molecule has 0 aliphatic heterocycles. The largest absolute Gasteiger partial charge is 0.384 e. The fourth-order valence-corrected chi connectivity index (χ4v) is 6.49. The minimum absolute atomic E-state index is 0.00820. The number of allylic oxidation sites excluding steroid dienone is 2. The number of rotatable bonds is 8. The van der Waals surface area contributed by atoms with Crippen molar-refractivity contribution in [2.24, 2.45) is 5.92 Å². The summed E-state index contributed by atoms with van der Waals surface area (Å²) in [6.07, 6.45) is 19.6. The van der Waals surface area contributed by atoms with Gasteiger partial charge in [-0.15, -0.1) is 0 Å². The summed E-state index contributed by atoms with van der Waals surface area (Å²) in [5, 5.41) is 6.56. The lowest BCUT2D eigenvalue weighted by atomic mass is 9.86. The van der Waals surface area contributed by atoms with Crippen molar-refractivity contribution in [1.82, 2.24) is 15.6 Å². The van der Waals surface area contributed by atoms with Gasteiger partial charge in [0.25, 0.3) is 0 Å². The Morgan fingerprint density at radius 1 is 0.767 bits per heavy atom. The van der Waals surface area contributed by atoms with E-state index in [1.807, 2.05) is 30.3 Å². The first-order chi connectivity index (χ1) is 21.0. The molecule has 1 heterocycles. The molecule has 2 N–H and O–H groups in total. The molecule has 1 amide bonds. The van der Waals surface area contributed by atoms with Crippen molar-refractivity contribution < 1.29 is 4.79 Å². The topological polar surface area (TPSA) is 54.0 Å². The van der Waals surface area contributed by atoms with Gasteiger partial charge in [0.15, 0.2) is 0 Å². The normalized spacial score (nSPS) is 16.3. The zero-order valence-electron chi connectivity index (χ0n) is 26.9. The molecule has 4 nitrogen and oxygen atoms in total. The van der Waals surface area contributed by atoms with Crippen molar-refractivity contribution in [2.45, 2.75) is 117 Å². The van der Waals surface area contributed by atoms with Crippen LogP contribution in [0.2, 0.25) is 0 Å². The second kappa shape index (κ2) is 17.7. The highest BCUT2D eigenvalue weighted by Gasteiger charge is 2.16. The molecule has 0 spiro atoms. The zero-order chi connectivity index (χ0) is 30.3. The number of hydrogen-bond acceptors (Lipinski definition) is 3. The maximum absolute atomic E-state index is 10.5. The second-order valence-electron chi connectivity index (χ2n) is 12.6. The molecule has 2 aliphatic carbocycles. The Morgan fingerprint density at radius 2 is 1.40 bits per heavy atom. The van der Waals surface area contributed by atoms with E-state index >= 15 is 0 Å². The maximum atomic E-state index is 10.5. The minimum Gasteiger partial charge on any atom is -0.384 e. The van der Waals surface area contributed by atoms with Crippen LogP contribution in [0.1, 0.15) is 117 Å². The van der Waals surface area contributed by atoms with Crippen molar-refractivity contribution in [3.05, 3.63) is 106 Å². The molecule has 2 aliphatic rings. The average molecular weight is 580 g/mol. The highest BCUT2D eigenvalue weighted by atomic mass is 16.1. The molecule has 1 fully saturated rings. The lowest BCUT2D eigenvalue weighted by molar-refractivity contribution is -0.119. The molecule has 230 valence electrons. The van der Waals surface area contributed by atoms with Gasteiger partial charge >= 0.3 is 0 Å². The molecular formula is C39H53N3O. The van der Waals surface area contributed by atoms with Crippen LogP contribution in [0.25, 0.3) is 5.57 Å². The molecular weight excluding hydrogens is 526 g/mol. The van der Waals surface area contributed by atoms with E-state index in [1.165, 1.54) is 111 Å². The van der Waals surface area contributed by atoms with E-state index in [2.05, 4.69) is 66.0 Å². The van der Waals surface area contributed by atoms with E-state index in [1.54, 1.807) is 0 Å². The molecule has 2 aromatic carbocycles. The van der Waals surface area contributed by atoms with E-state index < -0.39 is 0 Å². The Balaban J connectivity index is 0.000000324. The Bertz CT molecular complexity index is 1290. The molecule has 5 rings (SSSR count). The molecule has 3 aromatic rings. The van der Waals surface area contributed by atoms with Gasteiger partial charge in [0.1, 0.15) is 0 Å². The Morgan fingerprint density at radius 3 is 2.09 bits per heavy atom. The van der Waals surface area contributed by atoms with Gasteiger partial charge in [-0.1, -0.05) is 106 Å². The molecule has 0 atom stereocenters. The standard InChI is InChI=1S/C30H42N2.C9H11NO/c1-23-19-24(2)31-22-29(23)28-13-9-6-10-14-30(28)32-21-27-17-15-26(16-18-27)20-25-11-7-4-3-5-8-12-25;1-8(11)10-7-9-5-3-2-4-6-9/h15-19,22,25,32H,3-14,20-21H2,1-2H3;2-6H,7H2,1H3,(H,10,11). The van der Waals surface area contributed by atoms with E-state index in [4.69, 9.17) is 0 Å². The molecule has 0 radical (unpaired) electrons. The number of aryl methyl sites for hydroxylation is 2. The van der Waals surface area contributed by atoms with Gasteiger partial charge in [-0.3, -0.25) is 9.78 Å². The smallest absolute Gasteiger partial charge is 0.217 e. The lowest BCUT2D eigenvalue weighted by Gasteiger charge is -2.20. The third-order valence-corrected chi connectivity index (χ3v) is 8.95. The van der Waals surface area contributed by atoms with Crippen LogP contribution in [-0.2, 0) is 24.3 Å². The zero-order valence-corrected chi connectivity index (χ0v) is 26.9. The predicted octanol–water partition coefficient (Wildman–Crippen LogP) is 9.39. The van der Waals surface area contributed by atoms with Crippen molar-refractivity contribution in [2.75, 3.05) is 0 Å². The van der Waals surface area contributed by atoms with Gasteiger partial charge in [0.05, 0.1) is 0 Å². The first kappa shape index (κ1) is 32.5. The summed E-state index contributed by atoms with van der Waals surface area (Å²) in [4.78, 5) is 15.1. The van der Waals surface area contributed by atoms with Crippen LogP contribution >= 0.6 is 0 Å². The van der Waals surface area contributed by atoms with Crippen molar-refractivity contribution in [1.29, 1.82) is 0 Å². The SMILES string of the molecule is CC(=O)NCc1ccccc1.Cc1cc(C)c(C2=C(NCc3ccc(CC4CCCCCCC4)cc3)CCCCC2)cn1. The van der Waals surface area contributed by atoms with Gasteiger partial charge in [0, 0.05) is 43.2 Å². The number of aromatic nitrogens is 1. The van der Waals surface area contributed by atoms with Crippen LogP contribution in [0.4, 0.5) is 0 Å². The van der Waals surface area contributed by atoms with E-state index in [-0.39, 0.29) is 5.91 Å². The van der Waals surface area contributed by atoms with E-state index in [9.17, 15) is 4.79 Å². The summed E-state index contributed by atoms with van der Waals surface area (Å²) in [7, 11) is 0.